The summed E-state index contributed by atoms with van der Waals surface area (Å²) in [5, 5.41) is 0. The van der Waals surface area contributed by atoms with E-state index in [4.69, 9.17) is 18.0 Å². The molecule has 1 aromatic carbocycles. The number of nitrogens with zero attached hydrogens (tertiary/aromatic N) is 1. The van der Waals surface area contributed by atoms with Gasteiger partial charge in [0.1, 0.15) is 4.99 Å². The molecule has 1 aromatic rings. The molecule has 0 radical (unpaired) electrons. The summed E-state index contributed by atoms with van der Waals surface area (Å²) in [4.78, 5) is 0.429. The molecule has 6 heteroatoms. The van der Waals surface area contributed by atoms with Gasteiger partial charge < -0.3 is 5.73 Å². The quantitative estimate of drug-likeness (QED) is 0.818. The molecule has 0 heterocycles. The Kier molecular flexibility index (Phi) is 3.67. The molecule has 0 fully saturated rings. The van der Waals surface area contributed by atoms with E-state index in [0.717, 1.165) is 0 Å². The van der Waals surface area contributed by atoms with Gasteiger partial charge in [0.05, 0.1) is 4.90 Å². The molecule has 4 nitrogen and oxygen atoms in total. The van der Waals surface area contributed by atoms with Crippen LogP contribution in [0.15, 0.2) is 23.1 Å². The average molecular weight is 258 g/mol. The summed E-state index contributed by atoms with van der Waals surface area (Å²) in [7, 11) is -0.469. The molecule has 2 N–H and O–H groups in total. The molecule has 0 atom stereocenters. The first-order valence-corrected chi connectivity index (χ1v) is 6.44. The first-order chi connectivity index (χ1) is 7.26. The van der Waals surface area contributed by atoms with Crippen molar-refractivity contribution in [3.05, 3.63) is 29.3 Å². The molecule has 16 heavy (non-hydrogen) atoms. The SMILES string of the molecule is Cc1ccc(C(N)=S)cc1S(=O)(=O)N(C)C. The van der Waals surface area contributed by atoms with Gasteiger partial charge in [0, 0.05) is 19.7 Å². The van der Waals surface area contributed by atoms with Crippen LogP contribution in [0, 0.1) is 6.92 Å². The predicted octanol–water partition coefficient (Wildman–Crippen LogP) is 0.880. The number of sulfonamides is 1. The number of nitrogens with two attached hydrogens (primary N) is 1. The fourth-order valence-electron chi connectivity index (χ4n) is 1.23. The zero-order chi connectivity index (χ0) is 12.5. The highest BCUT2D eigenvalue weighted by atomic mass is 32.2. The number of aryl methyl sites for hydroxylation is 1. The molecule has 88 valence electrons. The van der Waals surface area contributed by atoms with E-state index in [1.54, 1.807) is 19.1 Å². The normalized spacial score (nSPS) is 11.8. The Morgan fingerprint density at radius 2 is 1.94 bits per heavy atom. The van der Waals surface area contributed by atoms with Crippen LogP contribution in [0.1, 0.15) is 11.1 Å². The second-order valence-electron chi connectivity index (χ2n) is 3.63. The molecule has 0 bridgehead atoms. The third-order valence-electron chi connectivity index (χ3n) is 2.23. The Bertz CT molecular complexity index is 522. The van der Waals surface area contributed by atoms with Crippen molar-refractivity contribution in [3.63, 3.8) is 0 Å². The van der Waals surface area contributed by atoms with E-state index in [0.29, 0.717) is 11.1 Å². The second-order valence-corrected chi connectivity index (χ2v) is 6.19. The van der Waals surface area contributed by atoms with E-state index >= 15 is 0 Å². The summed E-state index contributed by atoms with van der Waals surface area (Å²) in [6.45, 7) is 1.74. The summed E-state index contributed by atoms with van der Waals surface area (Å²) in [6, 6.07) is 4.92. The Morgan fingerprint density at radius 3 is 2.38 bits per heavy atom. The van der Waals surface area contributed by atoms with Gasteiger partial charge in [-0.25, -0.2) is 12.7 Å². The molecule has 0 aliphatic heterocycles. The fourth-order valence-corrected chi connectivity index (χ4v) is 2.50. The van der Waals surface area contributed by atoms with E-state index in [1.807, 2.05) is 0 Å². The van der Waals surface area contributed by atoms with Gasteiger partial charge in [-0.15, -0.1) is 0 Å². The summed E-state index contributed by atoms with van der Waals surface area (Å²) < 4.78 is 25.1. The van der Waals surface area contributed by atoms with Crippen LogP contribution in [0.25, 0.3) is 0 Å². The van der Waals surface area contributed by atoms with Crippen molar-refractivity contribution < 1.29 is 8.42 Å². The van der Waals surface area contributed by atoms with Crippen molar-refractivity contribution in [1.82, 2.24) is 4.31 Å². The van der Waals surface area contributed by atoms with Crippen LogP contribution in [0.5, 0.6) is 0 Å². The lowest BCUT2D eigenvalue weighted by Crippen LogP contribution is -2.23. The summed E-state index contributed by atoms with van der Waals surface area (Å²) in [5.41, 5.74) is 6.71. The molecular weight excluding hydrogens is 244 g/mol. The maximum Gasteiger partial charge on any atom is 0.242 e. The van der Waals surface area contributed by atoms with Crippen LogP contribution in [-0.4, -0.2) is 31.8 Å². The zero-order valence-corrected chi connectivity index (χ0v) is 11.0. The maximum absolute atomic E-state index is 12.0. The molecule has 0 saturated carbocycles. The minimum Gasteiger partial charge on any atom is -0.389 e. The lowest BCUT2D eigenvalue weighted by molar-refractivity contribution is 0.520. The van der Waals surface area contributed by atoms with Gasteiger partial charge in [-0.2, -0.15) is 0 Å². The first-order valence-electron chi connectivity index (χ1n) is 4.60. The average Bonchev–Trinajstić information content (AvgIpc) is 2.17. The highest BCUT2D eigenvalue weighted by molar-refractivity contribution is 7.89. The number of rotatable bonds is 3. The standard InChI is InChI=1S/C10H14N2O2S2/c1-7-4-5-8(10(11)15)6-9(7)16(13,14)12(2)3/h4-6H,1-3H3,(H2,11,15). The Labute approximate surface area is 101 Å². The maximum atomic E-state index is 12.0. The van der Waals surface area contributed by atoms with E-state index in [1.165, 1.54) is 24.5 Å². The van der Waals surface area contributed by atoms with Crippen LogP contribution in [0.2, 0.25) is 0 Å². The van der Waals surface area contributed by atoms with Gasteiger partial charge in [-0.1, -0.05) is 24.4 Å². The van der Waals surface area contributed by atoms with Gasteiger partial charge in [-0.3, -0.25) is 0 Å². The molecule has 0 saturated heterocycles. The van der Waals surface area contributed by atoms with E-state index in [9.17, 15) is 8.42 Å². The Balaban J connectivity index is 3.45. The van der Waals surface area contributed by atoms with Crippen LogP contribution in [0.3, 0.4) is 0 Å². The molecule has 0 aliphatic carbocycles. The molecule has 0 unspecified atom stereocenters. The number of hydrogen-bond acceptors (Lipinski definition) is 3. The minimum atomic E-state index is -3.45. The van der Waals surface area contributed by atoms with Gasteiger partial charge in [0.15, 0.2) is 0 Å². The van der Waals surface area contributed by atoms with Gasteiger partial charge in [0.2, 0.25) is 10.0 Å². The van der Waals surface area contributed by atoms with Crippen molar-refractivity contribution in [3.8, 4) is 0 Å². The van der Waals surface area contributed by atoms with Crippen LogP contribution < -0.4 is 5.73 Å². The highest BCUT2D eigenvalue weighted by Crippen LogP contribution is 2.19. The van der Waals surface area contributed by atoms with Gasteiger partial charge >= 0.3 is 0 Å². The molecule has 1 rings (SSSR count). The molecule has 0 aromatic heterocycles. The summed E-state index contributed by atoms with van der Waals surface area (Å²) >= 11 is 4.82. The number of thiocarbonyl (C=S) groups is 1. The first kappa shape index (κ1) is 13.1. The molecule has 0 aliphatic rings. The van der Waals surface area contributed by atoms with Gasteiger partial charge in [0.25, 0.3) is 0 Å². The Hall–Kier alpha value is -0.980. The zero-order valence-electron chi connectivity index (χ0n) is 9.39. The summed E-state index contributed by atoms with van der Waals surface area (Å²) in [6.07, 6.45) is 0. The lowest BCUT2D eigenvalue weighted by atomic mass is 10.1. The largest absolute Gasteiger partial charge is 0.389 e. The molecule has 0 amide bonds. The van der Waals surface area contributed by atoms with E-state index in [2.05, 4.69) is 0 Å². The molecular formula is C10H14N2O2S2. The summed E-state index contributed by atoms with van der Waals surface area (Å²) in [5.74, 6) is 0. The van der Waals surface area contributed by atoms with Crippen molar-refractivity contribution >= 4 is 27.2 Å². The van der Waals surface area contributed by atoms with Crippen molar-refractivity contribution in [2.45, 2.75) is 11.8 Å². The van der Waals surface area contributed by atoms with Crippen molar-refractivity contribution in [2.24, 2.45) is 5.73 Å². The second kappa shape index (κ2) is 4.48. The highest BCUT2D eigenvalue weighted by Gasteiger charge is 2.20. The van der Waals surface area contributed by atoms with Crippen LogP contribution >= 0.6 is 12.2 Å². The lowest BCUT2D eigenvalue weighted by Gasteiger charge is -2.14. The monoisotopic (exact) mass is 258 g/mol. The van der Waals surface area contributed by atoms with Crippen molar-refractivity contribution in [2.75, 3.05) is 14.1 Å². The van der Waals surface area contributed by atoms with Crippen LogP contribution in [0.4, 0.5) is 0 Å². The minimum absolute atomic E-state index is 0.190. The topological polar surface area (TPSA) is 63.4 Å². The van der Waals surface area contributed by atoms with E-state index in [-0.39, 0.29) is 9.88 Å². The fraction of sp³-hybridized carbons (Fsp3) is 0.300. The number of hydrogen-bond donors (Lipinski definition) is 1. The van der Waals surface area contributed by atoms with Gasteiger partial charge in [-0.05, 0) is 18.6 Å². The Morgan fingerprint density at radius 1 is 1.38 bits per heavy atom. The number of benzene rings is 1. The molecule has 0 spiro atoms. The third kappa shape index (κ3) is 2.40. The predicted molar refractivity (Wildman–Crippen MR) is 67.9 cm³/mol. The third-order valence-corrected chi connectivity index (χ3v) is 4.42. The van der Waals surface area contributed by atoms with Crippen molar-refractivity contribution in [1.29, 1.82) is 0 Å². The van der Waals surface area contributed by atoms with E-state index < -0.39 is 10.0 Å². The smallest absolute Gasteiger partial charge is 0.242 e. The van der Waals surface area contributed by atoms with Crippen LogP contribution in [-0.2, 0) is 10.0 Å².